The monoisotopic (exact) mass is 297 g/mol. The fourth-order valence-electron chi connectivity index (χ4n) is 1.84. The van der Waals surface area contributed by atoms with Gasteiger partial charge in [0.1, 0.15) is 5.82 Å². The van der Waals surface area contributed by atoms with Crippen LogP contribution in [0.4, 0.5) is 5.82 Å². The van der Waals surface area contributed by atoms with Crippen LogP contribution in [0.25, 0.3) is 11.0 Å². The summed E-state index contributed by atoms with van der Waals surface area (Å²) in [4.78, 5) is 9.16. The van der Waals surface area contributed by atoms with Gasteiger partial charge in [0, 0.05) is 11.8 Å². The van der Waals surface area contributed by atoms with E-state index in [4.69, 9.17) is 23.2 Å². The van der Waals surface area contributed by atoms with E-state index < -0.39 is 0 Å². The Morgan fingerprint density at radius 3 is 2.21 bits per heavy atom. The summed E-state index contributed by atoms with van der Waals surface area (Å²) < 4.78 is 0. The van der Waals surface area contributed by atoms with E-state index in [-0.39, 0.29) is 5.54 Å². The van der Waals surface area contributed by atoms with Crippen molar-refractivity contribution in [2.24, 2.45) is 0 Å². The maximum atomic E-state index is 6.05. The van der Waals surface area contributed by atoms with Crippen molar-refractivity contribution >= 4 is 40.1 Å². The van der Waals surface area contributed by atoms with Gasteiger partial charge in [-0.2, -0.15) is 0 Å². The number of benzene rings is 1. The molecule has 102 valence electrons. The third-order valence-corrected chi connectivity index (χ3v) is 4.34. The zero-order chi connectivity index (χ0) is 13.9. The van der Waals surface area contributed by atoms with Gasteiger partial charge >= 0.3 is 0 Å². The zero-order valence-electron chi connectivity index (χ0n) is 11.1. The molecule has 0 radical (unpaired) electrons. The molecule has 0 saturated heterocycles. The lowest BCUT2D eigenvalue weighted by Gasteiger charge is -2.30. The molecular formula is C14H17Cl2N3. The average Bonchev–Trinajstić information content (AvgIpc) is 2.45. The number of alkyl halides is 2. The van der Waals surface area contributed by atoms with Crippen molar-refractivity contribution in [2.75, 3.05) is 17.1 Å². The lowest BCUT2D eigenvalue weighted by atomic mass is 10.0. The number of fused-ring (bicyclic) bond motifs is 1. The molecule has 3 nitrogen and oxygen atoms in total. The van der Waals surface area contributed by atoms with E-state index in [0.717, 1.165) is 29.0 Å². The van der Waals surface area contributed by atoms with Crippen LogP contribution in [-0.4, -0.2) is 27.3 Å². The van der Waals surface area contributed by atoms with Crippen LogP contribution < -0.4 is 5.32 Å². The summed E-state index contributed by atoms with van der Waals surface area (Å²) in [6.07, 6.45) is 0.827. The highest BCUT2D eigenvalue weighted by Gasteiger charge is 2.27. The van der Waals surface area contributed by atoms with E-state index in [0.29, 0.717) is 11.8 Å². The normalized spacial score (nSPS) is 11.8. The minimum absolute atomic E-state index is 0.342. The van der Waals surface area contributed by atoms with Crippen molar-refractivity contribution in [1.82, 2.24) is 9.97 Å². The number of nitrogens with zero attached hydrogens (tertiary/aromatic N) is 2. The van der Waals surface area contributed by atoms with Gasteiger partial charge in [0.2, 0.25) is 0 Å². The van der Waals surface area contributed by atoms with Gasteiger partial charge in [-0.05, 0) is 25.5 Å². The average molecular weight is 298 g/mol. The number of rotatable bonds is 5. The lowest BCUT2D eigenvalue weighted by molar-refractivity contribution is 0.557. The summed E-state index contributed by atoms with van der Waals surface area (Å²) >= 11 is 12.1. The van der Waals surface area contributed by atoms with Crippen LogP contribution in [0.15, 0.2) is 24.3 Å². The first-order chi connectivity index (χ1) is 9.14. The highest BCUT2D eigenvalue weighted by atomic mass is 35.5. The molecule has 0 fully saturated rings. The quantitative estimate of drug-likeness (QED) is 0.849. The van der Waals surface area contributed by atoms with E-state index >= 15 is 0 Å². The fraction of sp³-hybridized carbons (Fsp3) is 0.429. The molecular weight excluding hydrogens is 281 g/mol. The molecule has 0 aliphatic rings. The number of hydrogen-bond acceptors (Lipinski definition) is 3. The Kier molecular flexibility index (Phi) is 4.48. The molecule has 0 atom stereocenters. The SMILES string of the molecule is CCC(CCl)(CCl)Nc1nc2ccccc2nc1C. The molecule has 0 aliphatic carbocycles. The van der Waals surface area contributed by atoms with Crippen molar-refractivity contribution in [3.05, 3.63) is 30.0 Å². The molecule has 0 amide bonds. The summed E-state index contributed by atoms with van der Waals surface area (Å²) in [6.45, 7) is 3.99. The van der Waals surface area contributed by atoms with Crippen molar-refractivity contribution < 1.29 is 0 Å². The Morgan fingerprint density at radius 2 is 1.68 bits per heavy atom. The smallest absolute Gasteiger partial charge is 0.148 e. The van der Waals surface area contributed by atoms with Crippen LogP contribution in [0, 0.1) is 6.92 Å². The molecule has 0 unspecified atom stereocenters. The number of para-hydroxylation sites is 2. The molecule has 1 aromatic heterocycles. The largest absolute Gasteiger partial charge is 0.361 e. The minimum atomic E-state index is -0.342. The fourth-order valence-corrected chi connectivity index (χ4v) is 2.64. The van der Waals surface area contributed by atoms with E-state index in [1.165, 1.54) is 0 Å². The summed E-state index contributed by atoms with van der Waals surface area (Å²) in [7, 11) is 0. The third-order valence-electron chi connectivity index (χ3n) is 3.32. The van der Waals surface area contributed by atoms with Gasteiger partial charge in [-0.25, -0.2) is 9.97 Å². The Labute approximate surface area is 123 Å². The molecule has 0 spiro atoms. The molecule has 19 heavy (non-hydrogen) atoms. The second-order valence-corrected chi connectivity index (χ2v) is 5.21. The van der Waals surface area contributed by atoms with Gasteiger partial charge < -0.3 is 5.32 Å². The van der Waals surface area contributed by atoms with Crippen LogP contribution >= 0.6 is 23.2 Å². The number of aromatic nitrogens is 2. The molecule has 5 heteroatoms. The second-order valence-electron chi connectivity index (χ2n) is 4.67. The van der Waals surface area contributed by atoms with E-state index in [1.54, 1.807) is 0 Å². The topological polar surface area (TPSA) is 37.8 Å². The number of anilines is 1. The first-order valence-corrected chi connectivity index (χ1v) is 7.34. The van der Waals surface area contributed by atoms with Gasteiger partial charge in [-0.15, -0.1) is 23.2 Å². The summed E-state index contributed by atoms with van der Waals surface area (Å²) in [5.74, 6) is 1.61. The van der Waals surface area contributed by atoms with Gasteiger partial charge in [0.05, 0.1) is 22.3 Å². The Hall–Kier alpha value is -1.06. The number of nitrogens with one attached hydrogen (secondary N) is 1. The Morgan fingerprint density at radius 1 is 1.11 bits per heavy atom. The van der Waals surface area contributed by atoms with Gasteiger partial charge in [-0.1, -0.05) is 19.1 Å². The summed E-state index contributed by atoms with van der Waals surface area (Å²) in [5.41, 5.74) is 2.27. The van der Waals surface area contributed by atoms with E-state index in [2.05, 4.69) is 22.2 Å². The highest BCUT2D eigenvalue weighted by Crippen LogP contribution is 2.24. The predicted molar refractivity (Wildman–Crippen MR) is 82.4 cm³/mol. The molecule has 2 aromatic rings. The second kappa shape index (κ2) is 5.93. The molecule has 1 N–H and O–H groups in total. The molecule has 0 aliphatic heterocycles. The van der Waals surface area contributed by atoms with Gasteiger partial charge in [0.15, 0.2) is 0 Å². The first-order valence-electron chi connectivity index (χ1n) is 6.27. The summed E-state index contributed by atoms with van der Waals surface area (Å²) in [6, 6.07) is 7.81. The maximum Gasteiger partial charge on any atom is 0.148 e. The number of halogens is 2. The predicted octanol–water partition coefficient (Wildman–Crippen LogP) is 3.98. The molecule has 2 rings (SSSR count). The van der Waals surface area contributed by atoms with Crippen molar-refractivity contribution in [3.63, 3.8) is 0 Å². The molecule has 1 heterocycles. The summed E-state index contributed by atoms with van der Waals surface area (Å²) in [5, 5.41) is 3.36. The highest BCUT2D eigenvalue weighted by molar-refractivity contribution is 6.22. The van der Waals surface area contributed by atoms with Crippen LogP contribution in [-0.2, 0) is 0 Å². The molecule has 1 aromatic carbocycles. The first kappa shape index (κ1) is 14.4. The lowest BCUT2D eigenvalue weighted by Crippen LogP contribution is -2.42. The van der Waals surface area contributed by atoms with Crippen LogP contribution in [0.3, 0.4) is 0 Å². The minimum Gasteiger partial charge on any atom is -0.361 e. The van der Waals surface area contributed by atoms with Crippen LogP contribution in [0.1, 0.15) is 19.0 Å². The number of hydrogen-bond donors (Lipinski definition) is 1. The standard InChI is InChI=1S/C14H17Cl2N3/c1-3-14(8-15,9-16)19-13-10(2)17-11-6-4-5-7-12(11)18-13/h4-7H,3,8-9H2,1-2H3,(H,18,19). The van der Waals surface area contributed by atoms with Crippen molar-refractivity contribution in [1.29, 1.82) is 0 Å². The maximum absolute atomic E-state index is 6.05. The van der Waals surface area contributed by atoms with Crippen LogP contribution in [0.2, 0.25) is 0 Å². The van der Waals surface area contributed by atoms with Crippen LogP contribution in [0.5, 0.6) is 0 Å². The Bertz CT molecular complexity index is 559. The Balaban J connectivity index is 2.42. The van der Waals surface area contributed by atoms with E-state index in [1.807, 2.05) is 31.2 Å². The van der Waals surface area contributed by atoms with E-state index in [9.17, 15) is 0 Å². The number of aryl methyl sites for hydroxylation is 1. The zero-order valence-corrected chi connectivity index (χ0v) is 12.6. The van der Waals surface area contributed by atoms with Crippen molar-refractivity contribution in [2.45, 2.75) is 25.8 Å². The van der Waals surface area contributed by atoms with Gasteiger partial charge in [0.25, 0.3) is 0 Å². The van der Waals surface area contributed by atoms with Gasteiger partial charge in [-0.3, -0.25) is 0 Å². The molecule has 0 saturated carbocycles. The van der Waals surface area contributed by atoms with Crippen molar-refractivity contribution in [3.8, 4) is 0 Å². The third kappa shape index (κ3) is 2.93. The molecule has 0 bridgehead atoms.